The van der Waals surface area contributed by atoms with Crippen molar-refractivity contribution < 1.29 is 0 Å². The Morgan fingerprint density at radius 3 is 1.83 bits per heavy atom. The summed E-state index contributed by atoms with van der Waals surface area (Å²) < 4.78 is 0. The van der Waals surface area contributed by atoms with Crippen molar-refractivity contribution >= 4 is 12.4 Å². The van der Waals surface area contributed by atoms with E-state index in [0.717, 1.165) is 43.9 Å². The molecule has 0 saturated heterocycles. The maximum atomic E-state index is 4.57. The van der Waals surface area contributed by atoms with Crippen LogP contribution in [0.1, 0.15) is 56.6 Å². The predicted octanol–water partition coefficient (Wildman–Crippen LogP) is 4.68. The van der Waals surface area contributed by atoms with Gasteiger partial charge in [0.05, 0.1) is 13.1 Å². The van der Waals surface area contributed by atoms with Gasteiger partial charge in [-0.05, 0) is 25.1 Å². The summed E-state index contributed by atoms with van der Waals surface area (Å²) in [4.78, 5) is 19.9. The summed E-state index contributed by atoms with van der Waals surface area (Å²) >= 11 is 0. The van der Waals surface area contributed by atoms with E-state index in [1.165, 1.54) is 38.5 Å². The van der Waals surface area contributed by atoms with Crippen LogP contribution in [-0.4, -0.2) is 60.0 Å². The average Bonchev–Trinajstić information content (AvgIpc) is 2.77. The van der Waals surface area contributed by atoms with E-state index < -0.39 is 0 Å². The van der Waals surface area contributed by atoms with Crippen LogP contribution in [0.5, 0.6) is 0 Å². The molecule has 0 bridgehead atoms. The molecule has 5 heteroatoms. The smallest absolute Gasteiger partial charge is 0.0517 e. The Bertz CT molecular complexity index is 631. The van der Waals surface area contributed by atoms with Crippen LogP contribution in [0.25, 0.3) is 0 Å². The molecule has 2 aromatic rings. The van der Waals surface area contributed by atoms with Crippen molar-refractivity contribution in [3.63, 3.8) is 0 Å². The van der Waals surface area contributed by atoms with Gasteiger partial charge in [0.1, 0.15) is 0 Å². The highest BCUT2D eigenvalue weighted by molar-refractivity contribution is 5.79. The molecule has 0 aromatic carbocycles. The molecule has 0 aliphatic carbocycles. The first-order valence-electron chi connectivity index (χ1n) is 10.9. The number of nitrogens with zero attached hydrogens (tertiary/aromatic N) is 5. The second-order valence-electron chi connectivity index (χ2n) is 7.25. The minimum Gasteiger partial charge on any atom is -0.300 e. The van der Waals surface area contributed by atoms with E-state index in [4.69, 9.17) is 0 Å². The van der Waals surface area contributed by atoms with Gasteiger partial charge in [-0.2, -0.15) is 0 Å². The van der Waals surface area contributed by atoms with Crippen LogP contribution in [0.4, 0.5) is 0 Å². The molecule has 0 aliphatic rings. The first-order valence-corrected chi connectivity index (χ1v) is 10.9. The first kappa shape index (κ1) is 22.9. The molecule has 5 nitrogen and oxygen atoms in total. The van der Waals surface area contributed by atoms with Gasteiger partial charge in [-0.1, -0.05) is 51.2 Å². The standard InChI is InChI=1S/C24H35N5/c1-2-3-4-5-6-7-16-29(17-14-27-21-23-10-8-12-25-19-23)18-15-28-22-24-11-9-13-26-20-24/h8-13,19-22H,2-7,14-18H2,1H3. The van der Waals surface area contributed by atoms with Crippen molar-refractivity contribution in [1.82, 2.24) is 14.9 Å². The molecule has 2 rings (SSSR count). The number of hydrogen-bond acceptors (Lipinski definition) is 5. The normalized spacial score (nSPS) is 11.8. The second kappa shape index (κ2) is 15.5. The van der Waals surface area contributed by atoms with Gasteiger partial charge >= 0.3 is 0 Å². The molecular formula is C24H35N5. The van der Waals surface area contributed by atoms with Crippen LogP contribution >= 0.6 is 0 Å². The van der Waals surface area contributed by atoms with E-state index in [1.807, 2.05) is 49.1 Å². The maximum Gasteiger partial charge on any atom is 0.0517 e. The number of unbranched alkanes of at least 4 members (excludes halogenated alkanes) is 5. The van der Waals surface area contributed by atoms with E-state index in [2.05, 4.69) is 31.8 Å². The highest BCUT2D eigenvalue weighted by atomic mass is 15.1. The van der Waals surface area contributed by atoms with Crippen molar-refractivity contribution in [3.05, 3.63) is 60.2 Å². The molecule has 0 atom stereocenters. The maximum absolute atomic E-state index is 4.57. The van der Waals surface area contributed by atoms with Gasteiger partial charge in [-0.15, -0.1) is 0 Å². The van der Waals surface area contributed by atoms with Crippen LogP contribution in [0.15, 0.2) is 59.0 Å². The minimum atomic E-state index is 0.803. The lowest BCUT2D eigenvalue weighted by Gasteiger charge is -2.20. The van der Waals surface area contributed by atoms with Crippen LogP contribution < -0.4 is 0 Å². The van der Waals surface area contributed by atoms with E-state index in [1.54, 1.807) is 12.4 Å². The fourth-order valence-electron chi connectivity index (χ4n) is 3.09. The molecule has 0 aliphatic heterocycles. The zero-order chi connectivity index (χ0) is 20.4. The fraction of sp³-hybridized carbons (Fsp3) is 0.500. The van der Waals surface area contributed by atoms with Gasteiger partial charge in [0.25, 0.3) is 0 Å². The van der Waals surface area contributed by atoms with Crippen molar-refractivity contribution in [2.24, 2.45) is 9.98 Å². The lowest BCUT2D eigenvalue weighted by Crippen LogP contribution is -2.30. The number of rotatable bonds is 15. The molecule has 0 fully saturated rings. The lowest BCUT2D eigenvalue weighted by atomic mass is 10.1. The van der Waals surface area contributed by atoms with E-state index in [0.29, 0.717) is 0 Å². The summed E-state index contributed by atoms with van der Waals surface area (Å²) in [5.41, 5.74) is 2.10. The number of aliphatic imine (C=N–C) groups is 2. The molecule has 0 unspecified atom stereocenters. The Kier molecular flexibility index (Phi) is 12.2. The molecule has 29 heavy (non-hydrogen) atoms. The van der Waals surface area contributed by atoms with Gasteiger partial charge in [-0.25, -0.2) is 0 Å². The quantitative estimate of drug-likeness (QED) is 0.326. The number of aromatic nitrogens is 2. The Hall–Kier alpha value is -2.40. The van der Waals surface area contributed by atoms with Gasteiger partial charge in [0, 0.05) is 61.4 Å². The molecule has 0 amide bonds. The third-order valence-electron chi connectivity index (χ3n) is 4.77. The Morgan fingerprint density at radius 2 is 1.31 bits per heavy atom. The Labute approximate surface area is 176 Å². The van der Waals surface area contributed by atoms with Crippen molar-refractivity contribution in [1.29, 1.82) is 0 Å². The molecule has 0 saturated carbocycles. The largest absolute Gasteiger partial charge is 0.300 e. The molecule has 0 radical (unpaired) electrons. The number of pyridine rings is 2. The molecular weight excluding hydrogens is 358 g/mol. The third-order valence-corrected chi connectivity index (χ3v) is 4.77. The zero-order valence-corrected chi connectivity index (χ0v) is 17.8. The van der Waals surface area contributed by atoms with Crippen molar-refractivity contribution in [2.75, 3.05) is 32.7 Å². The summed E-state index contributed by atoms with van der Waals surface area (Å²) in [5.74, 6) is 0. The van der Waals surface area contributed by atoms with E-state index >= 15 is 0 Å². The number of hydrogen-bond donors (Lipinski definition) is 0. The second-order valence-corrected chi connectivity index (χ2v) is 7.25. The van der Waals surface area contributed by atoms with Crippen LogP contribution in [-0.2, 0) is 0 Å². The SMILES string of the molecule is CCCCCCCCN(CCN=Cc1cccnc1)CCN=Cc1cccnc1. The molecule has 0 N–H and O–H groups in total. The van der Waals surface area contributed by atoms with E-state index in [9.17, 15) is 0 Å². The fourth-order valence-corrected chi connectivity index (χ4v) is 3.09. The highest BCUT2D eigenvalue weighted by Gasteiger charge is 2.03. The molecule has 0 spiro atoms. The summed E-state index contributed by atoms with van der Waals surface area (Å²) in [6, 6.07) is 7.92. The third kappa shape index (κ3) is 11.3. The Morgan fingerprint density at radius 1 is 0.759 bits per heavy atom. The minimum absolute atomic E-state index is 0.803. The molecule has 2 aromatic heterocycles. The van der Waals surface area contributed by atoms with Crippen LogP contribution in [0.3, 0.4) is 0 Å². The zero-order valence-electron chi connectivity index (χ0n) is 17.8. The van der Waals surface area contributed by atoms with Gasteiger partial charge in [0.15, 0.2) is 0 Å². The highest BCUT2D eigenvalue weighted by Crippen LogP contribution is 2.06. The average molecular weight is 394 g/mol. The first-order chi connectivity index (χ1) is 14.4. The Balaban J connectivity index is 1.73. The van der Waals surface area contributed by atoms with Crippen LogP contribution in [0.2, 0.25) is 0 Å². The summed E-state index contributed by atoms with van der Waals surface area (Å²) in [6.07, 6.45) is 19.0. The van der Waals surface area contributed by atoms with E-state index in [-0.39, 0.29) is 0 Å². The lowest BCUT2D eigenvalue weighted by molar-refractivity contribution is 0.282. The summed E-state index contributed by atoms with van der Waals surface area (Å²) in [7, 11) is 0. The summed E-state index contributed by atoms with van der Waals surface area (Å²) in [6.45, 7) is 6.92. The predicted molar refractivity (Wildman–Crippen MR) is 123 cm³/mol. The molecule has 156 valence electrons. The van der Waals surface area contributed by atoms with Gasteiger partial charge in [0.2, 0.25) is 0 Å². The monoisotopic (exact) mass is 393 g/mol. The van der Waals surface area contributed by atoms with Gasteiger partial charge in [-0.3, -0.25) is 24.9 Å². The van der Waals surface area contributed by atoms with Crippen molar-refractivity contribution in [2.45, 2.75) is 45.4 Å². The topological polar surface area (TPSA) is 53.7 Å². The van der Waals surface area contributed by atoms with Crippen molar-refractivity contribution in [3.8, 4) is 0 Å². The molecule has 2 heterocycles. The van der Waals surface area contributed by atoms with Crippen LogP contribution in [0, 0.1) is 0 Å². The van der Waals surface area contributed by atoms with Gasteiger partial charge < -0.3 is 0 Å². The summed E-state index contributed by atoms with van der Waals surface area (Å²) in [5, 5.41) is 0.